The lowest BCUT2D eigenvalue weighted by Crippen LogP contribution is -2.11. The third-order valence-corrected chi connectivity index (χ3v) is 5.73. The molecule has 0 bridgehead atoms. The molecule has 0 fully saturated rings. The highest BCUT2D eigenvalue weighted by atomic mass is 35.5. The number of halogens is 2. The van der Waals surface area contributed by atoms with E-state index in [0.717, 1.165) is 16.6 Å². The Morgan fingerprint density at radius 3 is 2.18 bits per heavy atom. The van der Waals surface area contributed by atoms with Gasteiger partial charge in [0.1, 0.15) is 11.5 Å². The number of aromatic nitrogens is 1. The second kappa shape index (κ2) is 9.57. The number of carbonyl (C=O) groups is 1. The number of nitrogens with zero attached hydrogens (tertiary/aromatic N) is 1. The van der Waals surface area contributed by atoms with Crippen LogP contribution in [0.1, 0.15) is 16.1 Å². The van der Waals surface area contributed by atoms with Gasteiger partial charge < -0.3 is 19.5 Å². The van der Waals surface area contributed by atoms with E-state index in [4.69, 9.17) is 37.4 Å². The van der Waals surface area contributed by atoms with Gasteiger partial charge in [0.2, 0.25) is 0 Å². The average molecular weight is 483 g/mol. The molecule has 1 heterocycles. The zero-order chi connectivity index (χ0) is 23.5. The molecule has 33 heavy (non-hydrogen) atoms. The molecule has 0 spiro atoms. The van der Waals surface area contributed by atoms with E-state index in [1.807, 2.05) is 25.1 Å². The molecule has 1 N–H and O–H groups in total. The summed E-state index contributed by atoms with van der Waals surface area (Å²) in [6.45, 7) is 1.87. The Kier molecular flexibility index (Phi) is 6.58. The SMILES string of the molecule is COc1cc2cc(Oc3ccc(NC(=O)c4ccc(Cl)c(Cl)c4)cc3)c(C)nc2cc1OC. The number of benzene rings is 3. The number of anilines is 1. The molecule has 1 amide bonds. The normalized spacial score (nSPS) is 10.7. The first-order chi connectivity index (χ1) is 15.9. The number of hydrogen-bond acceptors (Lipinski definition) is 5. The predicted molar refractivity (Wildman–Crippen MR) is 131 cm³/mol. The number of pyridine rings is 1. The summed E-state index contributed by atoms with van der Waals surface area (Å²) in [7, 11) is 3.18. The van der Waals surface area contributed by atoms with Crippen LogP contribution in [0, 0.1) is 6.92 Å². The molecule has 3 aromatic carbocycles. The van der Waals surface area contributed by atoms with E-state index in [2.05, 4.69) is 10.3 Å². The summed E-state index contributed by atoms with van der Waals surface area (Å²) in [6, 6.07) is 17.3. The van der Waals surface area contributed by atoms with Crippen molar-refractivity contribution in [3.8, 4) is 23.0 Å². The number of aryl methyl sites for hydroxylation is 1. The smallest absolute Gasteiger partial charge is 0.255 e. The van der Waals surface area contributed by atoms with Crippen LogP contribution in [0.3, 0.4) is 0 Å². The van der Waals surface area contributed by atoms with E-state index < -0.39 is 0 Å². The lowest BCUT2D eigenvalue weighted by atomic mass is 10.1. The zero-order valence-corrected chi connectivity index (χ0v) is 19.6. The quantitative estimate of drug-likeness (QED) is 0.323. The number of ether oxygens (including phenoxy) is 3. The van der Waals surface area contributed by atoms with Gasteiger partial charge in [0, 0.05) is 22.7 Å². The summed E-state index contributed by atoms with van der Waals surface area (Å²) < 4.78 is 16.8. The van der Waals surface area contributed by atoms with Gasteiger partial charge in [-0.25, -0.2) is 4.98 Å². The van der Waals surface area contributed by atoms with E-state index in [9.17, 15) is 4.79 Å². The largest absolute Gasteiger partial charge is 0.493 e. The van der Waals surface area contributed by atoms with Crippen LogP contribution in [-0.2, 0) is 0 Å². The molecule has 4 aromatic rings. The molecule has 0 radical (unpaired) electrons. The van der Waals surface area contributed by atoms with Gasteiger partial charge in [-0.15, -0.1) is 0 Å². The molecular formula is C25H20Cl2N2O4. The third-order valence-electron chi connectivity index (χ3n) is 4.99. The highest BCUT2D eigenvalue weighted by Crippen LogP contribution is 2.35. The Hall–Kier alpha value is -3.48. The van der Waals surface area contributed by atoms with Crippen LogP contribution in [0.4, 0.5) is 5.69 Å². The summed E-state index contributed by atoms with van der Waals surface area (Å²) in [5.41, 5.74) is 2.53. The lowest BCUT2D eigenvalue weighted by Gasteiger charge is -2.13. The minimum atomic E-state index is -0.291. The van der Waals surface area contributed by atoms with Gasteiger partial charge in [0.25, 0.3) is 5.91 Å². The van der Waals surface area contributed by atoms with Crippen molar-refractivity contribution >= 4 is 45.7 Å². The second-order valence-corrected chi connectivity index (χ2v) is 8.00. The zero-order valence-electron chi connectivity index (χ0n) is 18.1. The fraction of sp³-hybridized carbons (Fsp3) is 0.120. The molecule has 168 valence electrons. The number of nitrogens with one attached hydrogen (secondary N) is 1. The number of rotatable bonds is 6. The summed E-state index contributed by atoms with van der Waals surface area (Å²) in [6.07, 6.45) is 0. The summed E-state index contributed by atoms with van der Waals surface area (Å²) >= 11 is 11.9. The van der Waals surface area contributed by atoms with Crippen LogP contribution in [0.2, 0.25) is 10.0 Å². The topological polar surface area (TPSA) is 69.7 Å². The minimum Gasteiger partial charge on any atom is -0.493 e. The van der Waals surface area contributed by atoms with Gasteiger partial charge in [-0.05, 0) is 61.5 Å². The number of methoxy groups -OCH3 is 2. The van der Waals surface area contributed by atoms with Crippen LogP contribution in [-0.4, -0.2) is 25.1 Å². The number of amides is 1. The highest BCUT2D eigenvalue weighted by molar-refractivity contribution is 6.42. The molecule has 6 nitrogen and oxygen atoms in total. The van der Waals surface area contributed by atoms with Crippen LogP contribution in [0.15, 0.2) is 60.7 Å². The van der Waals surface area contributed by atoms with Crippen LogP contribution in [0.5, 0.6) is 23.0 Å². The van der Waals surface area contributed by atoms with E-state index in [-0.39, 0.29) is 5.91 Å². The van der Waals surface area contributed by atoms with E-state index in [0.29, 0.717) is 44.3 Å². The molecule has 0 unspecified atom stereocenters. The second-order valence-electron chi connectivity index (χ2n) is 7.18. The molecular weight excluding hydrogens is 463 g/mol. The van der Waals surface area contributed by atoms with Gasteiger partial charge in [-0.1, -0.05) is 23.2 Å². The Morgan fingerprint density at radius 1 is 0.848 bits per heavy atom. The monoisotopic (exact) mass is 482 g/mol. The van der Waals surface area contributed by atoms with E-state index in [1.165, 1.54) is 6.07 Å². The van der Waals surface area contributed by atoms with Gasteiger partial charge in [-0.2, -0.15) is 0 Å². The van der Waals surface area contributed by atoms with Crippen molar-refractivity contribution in [1.82, 2.24) is 4.98 Å². The van der Waals surface area contributed by atoms with Crippen molar-refractivity contribution in [2.24, 2.45) is 0 Å². The maximum Gasteiger partial charge on any atom is 0.255 e. The molecule has 8 heteroatoms. The summed E-state index contributed by atoms with van der Waals surface area (Å²) in [5.74, 6) is 2.16. The molecule has 1 aromatic heterocycles. The first-order valence-corrected chi connectivity index (χ1v) is 10.7. The molecule has 0 saturated heterocycles. The Balaban J connectivity index is 1.52. The Bertz CT molecular complexity index is 1340. The standard InChI is InChI=1S/C25H20Cl2N2O4/c1-14-22(11-16-12-23(31-2)24(32-3)13-21(16)28-14)33-18-7-5-17(6-8-18)29-25(30)15-4-9-19(26)20(27)10-15/h4-13H,1-3H3,(H,29,30). The van der Waals surface area contributed by atoms with Crippen LogP contribution in [0.25, 0.3) is 10.9 Å². The van der Waals surface area contributed by atoms with Crippen LogP contribution < -0.4 is 19.5 Å². The van der Waals surface area contributed by atoms with Crippen molar-refractivity contribution in [3.63, 3.8) is 0 Å². The number of carbonyl (C=O) groups excluding carboxylic acids is 1. The van der Waals surface area contributed by atoms with Crippen LogP contribution >= 0.6 is 23.2 Å². The van der Waals surface area contributed by atoms with Gasteiger partial charge in [0.15, 0.2) is 11.5 Å². The molecule has 0 saturated carbocycles. The third kappa shape index (κ3) is 4.97. The maximum atomic E-state index is 12.4. The fourth-order valence-electron chi connectivity index (χ4n) is 3.26. The van der Waals surface area contributed by atoms with Crippen molar-refractivity contribution in [1.29, 1.82) is 0 Å². The van der Waals surface area contributed by atoms with Crippen molar-refractivity contribution in [2.75, 3.05) is 19.5 Å². The van der Waals surface area contributed by atoms with Gasteiger partial charge in [0.05, 0.1) is 35.5 Å². The summed E-state index contributed by atoms with van der Waals surface area (Å²) in [4.78, 5) is 17.1. The maximum absolute atomic E-state index is 12.4. The fourth-order valence-corrected chi connectivity index (χ4v) is 3.55. The van der Waals surface area contributed by atoms with Crippen molar-refractivity contribution < 1.29 is 19.0 Å². The first kappa shape index (κ1) is 22.7. The lowest BCUT2D eigenvalue weighted by molar-refractivity contribution is 0.102. The Labute approximate surface area is 201 Å². The molecule has 0 aliphatic carbocycles. The highest BCUT2D eigenvalue weighted by Gasteiger charge is 2.12. The van der Waals surface area contributed by atoms with Crippen molar-refractivity contribution in [2.45, 2.75) is 6.92 Å². The minimum absolute atomic E-state index is 0.291. The first-order valence-electron chi connectivity index (χ1n) is 9.95. The van der Waals surface area contributed by atoms with Gasteiger partial charge >= 0.3 is 0 Å². The Morgan fingerprint density at radius 2 is 1.52 bits per heavy atom. The molecule has 4 rings (SSSR count). The molecule has 0 atom stereocenters. The summed E-state index contributed by atoms with van der Waals surface area (Å²) in [5, 5.41) is 4.40. The number of fused-ring (bicyclic) bond motifs is 1. The predicted octanol–water partition coefficient (Wildman–Crippen LogP) is 6.91. The van der Waals surface area contributed by atoms with E-state index >= 15 is 0 Å². The van der Waals surface area contributed by atoms with Gasteiger partial charge in [-0.3, -0.25) is 4.79 Å². The average Bonchev–Trinajstić information content (AvgIpc) is 2.81. The number of hydrogen-bond donors (Lipinski definition) is 1. The molecule has 0 aliphatic heterocycles. The van der Waals surface area contributed by atoms with E-state index in [1.54, 1.807) is 50.6 Å². The van der Waals surface area contributed by atoms with Crippen molar-refractivity contribution in [3.05, 3.63) is 82.0 Å². The molecule has 0 aliphatic rings.